The monoisotopic (exact) mass is 1280 g/mol. The van der Waals surface area contributed by atoms with E-state index in [0.717, 1.165) is 141 Å². The summed E-state index contributed by atoms with van der Waals surface area (Å²) in [5, 5.41) is 12.9. The summed E-state index contributed by atoms with van der Waals surface area (Å²) in [6.07, 6.45) is 5.45. The first-order valence-corrected chi connectivity index (χ1v) is 33.9. The number of hydrogen-bond acceptors (Lipinski definition) is 8. The van der Waals surface area contributed by atoms with E-state index in [4.69, 9.17) is 9.98 Å². The molecule has 1 aliphatic heterocycles. The van der Waals surface area contributed by atoms with Crippen LogP contribution in [0.4, 0.5) is 79.6 Å². The van der Waals surface area contributed by atoms with E-state index in [9.17, 15) is 0 Å². The lowest BCUT2D eigenvalue weighted by Gasteiger charge is -2.30. The molecule has 16 aromatic carbocycles. The van der Waals surface area contributed by atoms with Crippen LogP contribution >= 0.6 is 0 Å². The Morgan fingerprint density at radius 2 is 0.550 bits per heavy atom. The predicted molar refractivity (Wildman–Crippen MR) is 421 cm³/mol. The number of fused-ring (bicyclic) bond motifs is 6. The van der Waals surface area contributed by atoms with E-state index in [1.165, 1.54) is 32.3 Å². The molecule has 0 fully saturated rings. The van der Waals surface area contributed by atoms with Gasteiger partial charge in [0.2, 0.25) is 0 Å². The molecular weight excluding hydrogens is 1220 g/mol. The first-order valence-electron chi connectivity index (χ1n) is 33.9. The summed E-state index contributed by atoms with van der Waals surface area (Å²) >= 11 is 0. The number of hydrogen-bond donors (Lipinski definition) is 1. The van der Waals surface area contributed by atoms with Gasteiger partial charge in [-0.25, -0.2) is 0 Å². The number of anilines is 13. The average molecular weight is 1280 g/mol. The van der Waals surface area contributed by atoms with Gasteiger partial charge in [0, 0.05) is 96.8 Å². The maximum absolute atomic E-state index is 4.82. The number of nitrogens with one attached hydrogen (secondary N) is 1. The molecule has 0 spiro atoms. The van der Waals surface area contributed by atoms with E-state index >= 15 is 0 Å². The van der Waals surface area contributed by atoms with Crippen molar-refractivity contribution in [3.8, 4) is 33.4 Å². The largest absolute Gasteiger partial charge is 0.378 e. The summed E-state index contributed by atoms with van der Waals surface area (Å²) in [4.78, 5) is 23.7. The zero-order valence-corrected chi connectivity index (χ0v) is 54.6. The molecule has 0 bridgehead atoms. The summed E-state index contributed by atoms with van der Waals surface area (Å²) in [6.45, 7) is 0.724. The van der Waals surface area contributed by atoms with Gasteiger partial charge in [-0.05, 0) is 177 Å². The fourth-order valence-corrected chi connectivity index (χ4v) is 14.6. The van der Waals surface area contributed by atoms with Crippen LogP contribution in [0.3, 0.4) is 0 Å². The van der Waals surface area contributed by atoms with Gasteiger partial charge >= 0.3 is 0 Å². The molecule has 100 heavy (non-hydrogen) atoms. The third kappa shape index (κ3) is 10.9. The van der Waals surface area contributed by atoms with E-state index in [1.54, 1.807) is 12.4 Å². The molecule has 1 aromatic heterocycles. The van der Waals surface area contributed by atoms with E-state index < -0.39 is 0 Å². The van der Waals surface area contributed by atoms with Gasteiger partial charge in [0.25, 0.3) is 0 Å². The van der Waals surface area contributed by atoms with Gasteiger partial charge in [-0.3, -0.25) is 15.0 Å². The van der Waals surface area contributed by atoms with E-state index in [1.807, 2.05) is 12.3 Å². The minimum absolute atomic E-state index is 0.724. The highest BCUT2D eigenvalue weighted by Gasteiger charge is 2.23. The van der Waals surface area contributed by atoms with E-state index in [-0.39, 0.29) is 0 Å². The highest BCUT2D eigenvalue weighted by molar-refractivity contribution is 6.04. The Morgan fingerprint density at radius 1 is 0.250 bits per heavy atom. The molecule has 0 radical (unpaired) electrons. The van der Waals surface area contributed by atoms with Crippen LogP contribution in [-0.2, 0) is 0 Å². The lowest BCUT2D eigenvalue weighted by atomic mass is 10.0. The van der Waals surface area contributed by atoms with Gasteiger partial charge in [0.05, 0.1) is 51.7 Å². The maximum atomic E-state index is 4.82. The minimum atomic E-state index is 0.724. The molecule has 0 saturated heterocycles. The van der Waals surface area contributed by atoms with Crippen molar-refractivity contribution < 1.29 is 0 Å². The van der Waals surface area contributed by atoms with Crippen molar-refractivity contribution in [3.05, 3.63) is 364 Å². The van der Waals surface area contributed by atoms with Crippen molar-refractivity contribution in [1.82, 2.24) is 9.97 Å². The number of nitrogens with zero attached hydrogens (tertiary/aromatic N) is 7. The second-order valence-electron chi connectivity index (χ2n) is 25.2. The first-order chi connectivity index (χ1) is 49.6. The van der Waals surface area contributed by atoms with Crippen molar-refractivity contribution >= 4 is 140 Å². The van der Waals surface area contributed by atoms with Crippen molar-refractivity contribution in [3.63, 3.8) is 0 Å². The zero-order valence-electron chi connectivity index (χ0n) is 54.6. The third-order valence-electron chi connectivity index (χ3n) is 19.4. The van der Waals surface area contributed by atoms with Gasteiger partial charge in [0.1, 0.15) is 0 Å². The molecule has 1 aliphatic rings. The van der Waals surface area contributed by atoms with Crippen LogP contribution in [0.1, 0.15) is 0 Å². The van der Waals surface area contributed by atoms with Crippen LogP contribution in [-0.4, -0.2) is 22.7 Å². The highest BCUT2D eigenvalue weighted by atomic mass is 15.2. The van der Waals surface area contributed by atoms with Crippen LogP contribution in [0.15, 0.2) is 369 Å². The quantitative estimate of drug-likeness (QED) is 0.110. The molecule has 1 N–H and O–H groups in total. The van der Waals surface area contributed by atoms with Gasteiger partial charge in [-0.2, -0.15) is 0 Å². The molecule has 8 heteroatoms. The molecule has 2 heterocycles. The second-order valence-corrected chi connectivity index (χ2v) is 25.2. The summed E-state index contributed by atoms with van der Waals surface area (Å²) in [7, 11) is 0. The Labute approximate surface area is 580 Å². The third-order valence-corrected chi connectivity index (χ3v) is 19.4. The predicted octanol–water partition coefficient (Wildman–Crippen LogP) is 25.3. The van der Waals surface area contributed by atoms with Gasteiger partial charge in [0.15, 0.2) is 0 Å². The van der Waals surface area contributed by atoms with Crippen molar-refractivity contribution in [2.75, 3.05) is 31.5 Å². The van der Waals surface area contributed by atoms with Gasteiger partial charge in [-0.15, -0.1) is 0 Å². The Hall–Kier alpha value is -13.4. The summed E-state index contributed by atoms with van der Waals surface area (Å²) in [5.41, 5.74) is 23.1. The molecule has 472 valence electrons. The molecule has 0 saturated carbocycles. The summed E-state index contributed by atoms with van der Waals surface area (Å²) in [5.74, 6) is 0. The SMILES string of the molecule is C1=Nc2c(cccc2-c2ccc(N(c3ccc(N(c4ccc(-c5ccc(N(c6ccc(N(c7ccc(-c8cccc9nccnc89)cc7)c7cccc8ccccc78)cc6)c6cccc7ccccc67)cc5)cc4)c4cccc5ccccc45)cc3)c3cccc4ccccc34)cc2)NC1. The molecule has 0 aliphatic carbocycles. The van der Waals surface area contributed by atoms with Crippen LogP contribution in [0.25, 0.3) is 87.5 Å². The highest BCUT2D eigenvalue weighted by Crippen LogP contribution is 2.48. The van der Waals surface area contributed by atoms with Gasteiger partial charge < -0.3 is 24.9 Å². The molecular formula is C92H64N8. The molecule has 0 amide bonds. The molecule has 17 aromatic rings. The molecule has 18 rings (SSSR count). The van der Waals surface area contributed by atoms with Crippen molar-refractivity contribution in [2.45, 2.75) is 0 Å². The maximum Gasteiger partial charge on any atom is 0.0965 e. The molecule has 0 atom stereocenters. The zero-order chi connectivity index (χ0) is 66.3. The standard InChI is InChI=1S/C92H64N8/c1-5-23-79-65(15-1)19-9-31-87(79)97(75-51-55-77(56-52-75)99(89-33-11-21-67-17-3-7-25-81(67)89)73-47-39-69(40-48-73)83-27-13-29-85-91(83)95-61-59-93-85)71-43-35-63(36-44-71)64-37-45-72(46-38-64)98(88-32-10-20-66-16-2-6-24-80(66)88)76-53-57-78(58-54-76)100(90-34-12-22-68-18-4-8-26-82(68)90)74-49-41-70(42-50-74)84-28-14-30-86-92(84)96-62-60-94-86/h1-59,61-62,94H,60H2. The lowest BCUT2D eigenvalue weighted by Crippen LogP contribution is -2.13. The van der Waals surface area contributed by atoms with Crippen LogP contribution in [0.5, 0.6) is 0 Å². The minimum Gasteiger partial charge on any atom is -0.378 e. The normalized spacial score (nSPS) is 11.8. The molecule has 8 nitrogen and oxygen atoms in total. The fraction of sp³-hybridized carbons (Fsp3) is 0.0109. The van der Waals surface area contributed by atoms with E-state index in [2.05, 4.69) is 376 Å². The van der Waals surface area contributed by atoms with Crippen LogP contribution < -0.4 is 24.9 Å². The Kier molecular flexibility index (Phi) is 15.1. The Morgan fingerprint density at radius 3 is 0.940 bits per heavy atom. The fourth-order valence-electron chi connectivity index (χ4n) is 14.6. The number of benzene rings is 16. The number of para-hydroxylation sites is 2. The number of aliphatic imine (C=N–C) groups is 1. The summed E-state index contributed by atoms with van der Waals surface area (Å²) < 4.78 is 0. The summed E-state index contributed by atoms with van der Waals surface area (Å²) in [6, 6.07) is 127. The average Bonchev–Trinajstić information content (AvgIpc) is 0.780. The topological polar surface area (TPSA) is 63.1 Å². The van der Waals surface area contributed by atoms with Crippen LogP contribution in [0.2, 0.25) is 0 Å². The van der Waals surface area contributed by atoms with Crippen LogP contribution in [0, 0.1) is 0 Å². The first kappa shape index (κ1) is 59.1. The van der Waals surface area contributed by atoms with Gasteiger partial charge in [-0.1, -0.05) is 218 Å². The van der Waals surface area contributed by atoms with Crippen molar-refractivity contribution in [1.29, 1.82) is 0 Å². The Balaban J connectivity index is 0.685. The Bertz CT molecular complexity index is 5890. The number of aromatic nitrogens is 2. The lowest BCUT2D eigenvalue weighted by molar-refractivity contribution is 1.27. The smallest absolute Gasteiger partial charge is 0.0965 e. The second kappa shape index (κ2) is 25.6. The van der Waals surface area contributed by atoms with Crippen molar-refractivity contribution in [2.24, 2.45) is 4.99 Å². The number of rotatable bonds is 15. The molecule has 0 unspecified atom stereocenters. The van der Waals surface area contributed by atoms with E-state index in [0.29, 0.717) is 0 Å².